The molecule has 0 fully saturated rings. The number of hydrogen-bond donors (Lipinski definition) is 1. The van der Waals surface area contributed by atoms with Gasteiger partial charge in [-0.25, -0.2) is 4.79 Å². The van der Waals surface area contributed by atoms with Crippen LogP contribution in [0.1, 0.15) is 33.1 Å². The molecule has 0 saturated carbocycles. The van der Waals surface area contributed by atoms with Crippen molar-refractivity contribution in [2.75, 3.05) is 0 Å². The van der Waals surface area contributed by atoms with E-state index in [1.54, 1.807) is 18.2 Å². The lowest BCUT2D eigenvalue weighted by atomic mass is 10.0. The summed E-state index contributed by atoms with van der Waals surface area (Å²) < 4.78 is 11.0. The molecule has 1 heterocycles. The molecule has 7 nitrogen and oxygen atoms in total. The lowest BCUT2D eigenvalue weighted by Gasteiger charge is -2.22. The molecule has 0 spiro atoms. The second-order valence-electron chi connectivity index (χ2n) is 7.29. The second kappa shape index (κ2) is 9.93. The molecule has 1 aromatic heterocycles. The highest BCUT2D eigenvalue weighted by atomic mass is 16.5. The Morgan fingerprint density at radius 3 is 2.55 bits per heavy atom. The maximum Gasteiger partial charge on any atom is 0.336 e. The Morgan fingerprint density at radius 1 is 1.13 bits per heavy atom. The van der Waals surface area contributed by atoms with Crippen molar-refractivity contribution in [1.82, 2.24) is 5.32 Å². The van der Waals surface area contributed by atoms with E-state index in [0.29, 0.717) is 24.2 Å². The van der Waals surface area contributed by atoms with Gasteiger partial charge in [-0.2, -0.15) is 0 Å². The Bertz CT molecular complexity index is 1120. The van der Waals surface area contributed by atoms with Gasteiger partial charge in [0.2, 0.25) is 0 Å². The molecule has 0 aliphatic carbocycles. The number of benzene rings is 2. The van der Waals surface area contributed by atoms with Crippen LogP contribution in [0.4, 0.5) is 0 Å². The average molecular weight is 422 g/mol. The zero-order valence-electron chi connectivity index (χ0n) is 17.4. The zero-order chi connectivity index (χ0) is 22.4. The molecule has 0 saturated heterocycles. The first-order valence-corrected chi connectivity index (χ1v) is 10.2. The number of aliphatic carboxylic acids is 1. The van der Waals surface area contributed by atoms with Crippen LogP contribution in [0.5, 0.6) is 5.75 Å². The number of unbranched alkanes of at least 4 members (excludes halogenated alkanes) is 1. The number of amides is 1. The Labute approximate surface area is 179 Å². The van der Waals surface area contributed by atoms with Gasteiger partial charge in [-0.15, -0.1) is 0 Å². The number of carboxylic acid groups (broad SMARTS) is 1. The normalized spacial score (nSPS) is 12.8. The van der Waals surface area contributed by atoms with Crippen molar-refractivity contribution in [3.05, 3.63) is 65.0 Å². The predicted octanol–water partition coefficient (Wildman–Crippen LogP) is 2.65. The van der Waals surface area contributed by atoms with Gasteiger partial charge in [0.05, 0.1) is 12.0 Å². The molecule has 1 amide bonds. The Balaban J connectivity index is 1.80. The molecule has 7 heteroatoms. The molecule has 2 atom stereocenters. The third kappa shape index (κ3) is 5.51. The van der Waals surface area contributed by atoms with Crippen LogP contribution in [-0.2, 0) is 9.59 Å². The van der Waals surface area contributed by atoms with Gasteiger partial charge in [0, 0.05) is 17.5 Å². The van der Waals surface area contributed by atoms with Gasteiger partial charge < -0.3 is 24.4 Å². The smallest absolute Gasteiger partial charge is 0.336 e. The van der Waals surface area contributed by atoms with Crippen LogP contribution >= 0.6 is 0 Å². The maximum atomic E-state index is 12.4. The largest absolute Gasteiger partial charge is 0.548 e. The van der Waals surface area contributed by atoms with Crippen LogP contribution in [0.3, 0.4) is 0 Å². The summed E-state index contributed by atoms with van der Waals surface area (Å²) >= 11 is 0. The van der Waals surface area contributed by atoms with Gasteiger partial charge in [0.15, 0.2) is 6.10 Å². The summed E-state index contributed by atoms with van der Waals surface area (Å²) in [5.74, 6) is -1.57. The van der Waals surface area contributed by atoms with Gasteiger partial charge >= 0.3 is 5.63 Å². The first-order chi connectivity index (χ1) is 14.9. The van der Waals surface area contributed by atoms with Gasteiger partial charge in [-0.1, -0.05) is 50.1 Å². The number of ether oxygens (including phenoxy) is 1. The summed E-state index contributed by atoms with van der Waals surface area (Å²) in [5, 5.41) is 14.4. The Morgan fingerprint density at radius 2 is 1.87 bits per heavy atom. The first kappa shape index (κ1) is 22.1. The topological polar surface area (TPSA) is 109 Å². The standard InChI is InChI=1S/C24H25NO6/c1-3-4-10-20(24(28)29)25-23(27)15(2)30-17-11-12-18-19(16-8-6-5-7-9-16)14-22(26)31-21(18)13-17/h5-9,11-15,20H,3-4,10H2,1-2H3,(H,25,27)(H,28,29)/p-1/t15-,20-/m1/s1. The van der Waals surface area contributed by atoms with Crippen LogP contribution in [0.25, 0.3) is 22.1 Å². The monoisotopic (exact) mass is 422 g/mol. The van der Waals surface area contributed by atoms with Crippen LogP contribution in [0.2, 0.25) is 0 Å². The van der Waals surface area contributed by atoms with E-state index in [9.17, 15) is 19.5 Å². The van der Waals surface area contributed by atoms with E-state index in [-0.39, 0.29) is 0 Å². The number of hydrogen-bond acceptors (Lipinski definition) is 6. The lowest BCUT2D eigenvalue weighted by Crippen LogP contribution is -2.51. The fraction of sp³-hybridized carbons (Fsp3) is 0.292. The van der Waals surface area contributed by atoms with Crippen molar-refractivity contribution in [2.45, 2.75) is 45.3 Å². The van der Waals surface area contributed by atoms with Crippen molar-refractivity contribution in [3.8, 4) is 16.9 Å². The third-order valence-corrected chi connectivity index (χ3v) is 4.93. The summed E-state index contributed by atoms with van der Waals surface area (Å²) in [6, 6.07) is 14.8. The van der Waals surface area contributed by atoms with E-state index < -0.39 is 29.6 Å². The number of carbonyl (C=O) groups excluding carboxylic acids is 2. The number of carboxylic acids is 1. The van der Waals surface area contributed by atoms with Crippen molar-refractivity contribution >= 4 is 22.8 Å². The van der Waals surface area contributed by atoms with Crippen molar-refractivity contribution in [1.29, 1.82) is 0 Å². The van der Waals surface area contributed by atoms with E-state index in [4.69, 9.17) is 9.15 Å². The molecule has 2 aromatic carbocycles. The van der Waals surface area contributed by atoms with Crippen LogP contribution in [0.15, 0.2) is 63.8 Å². The molecule has 31 heavy (non-hydrogen) atoms. The minimum Gasteiger partial charge on any atom is -0.548 e. The van der Waals surface area contributed by atoms with E-state index in [2.05, 4.69) is 5.32 Å². The highest BCUT2D eigenvalue weighted by molar-refractivity contribution is 5.93. The third-order valence-electron chi connectivity index (χ3n) is 4.93. The minimum absolute atomic E-state index is 0.292. The quantitative estimate of drug-likeness (QED) is 0.531. The van der Waals surface area contributed by atoms with Gasteiger partial charge in [-0.3, -0.25) is 4.79 Å². The predicted molar refractivity (Wildman–Crippen MR) is 114 cm³/mol. The van der Waals surface area contributed by atoms with Gasteiger partial charge in [-0.05, 0) is 36.6 Å². The maximum absolute atomic E-state index is 12.4. The second-order valence-corrected chi connectivity index (χ2v) is 7.29. The Kier molecular flexibility index (Phi) is 7.07. The summed E-state index contributed by atoms with van der Waals surface area (Å²) in [5.41, 5.74) is 1.44. The molecule has 0 radical (unpaired) electrons. The van der Waals surface area contributed by atoms with E-state index >= 15 is 0 Å². The molecule has 3 rings (SSSR count). The highest BCUT2D eigenvalue weighted by Crippen LogP contribution is 2.29. The summed E-state index contributed by atoms with van der Waals surface area (Å²) in [6.45, 7) is 3.45. The summed E-state index contributed by atoms with van der Waals surface area (Å²) in [7, 11) is 0. The molecule has 0 aliphatic rings. The molecule has 1 N–H and O–H groups in total. The number of nitrogens with one attached hydrogen (secondary N) is 1. The minimum atomic E-state index is -1.32. The van der Waals surface area contributed by atoms with E-state index in [1.807, 2.05) is 37.3 Å². The van der Waals surface area contributed by atoms with Crippen LogP contribution < -0.4 is 20.8 Å². The summed E-state index contributed by atoms with van der Waals surface area (Å²) in [4.78, 5) is 35.7. The highest BCUT2D eigenvalue weighted by Gasteiger charge is 2.20. The fourth-order valence-electron chi connectivity index (χ4n) is 3.28. The molecule has 0 bridgehead atoms. The molecule has 0 aliphatic heterocycles. The van der Waals surface area contributed by atoms with E-state index in [1.165, 1.54) is 13.0 Å². The molecule has 162 valence electrons. The number of fused-ring (bicyclic) bond motifs is 1. The summed E-state index contributed by atoms with van der Waals surface area (Å²) in [6.07, 6.45) is 0.798. The number of rotatable bonds is 9. The molecular formula is C24H24NO6-. The molecule has 3 aromatic rings. The van der Waals surface area contributed by atoms with Crippen LogP contribution in [0, 0.1) is 0 Å². The lowest BCUT2D eigenvalue weighted by molar-refractivity contribution is -0.308. The van der Waals surface area contributed by atoms with Gasteiger partial charge in [0.1, 0.15) is 11.3 Å². The SMILES string of the molecule is CCCC[C@@H](NC(=O)[C@@H](C)Oc1ccc2c(-c3ccccc3)cc(=O)oc2c1)C(=O)[O-]. The Hall–Kier alpha value is -3.61. The van der Waals surface area contributed by atoms with Crippen molar-refractivity contribution in [2.24, 2.45) is 0 Å². The average Bonchev–Trinajstić information content (AvgIpc) is 2.76. The number of carbonyl (C=O) groups is 2. The molecule has 0 unspecified atom stereocenters. The zero-order valence-corrected chi connectivity index (χ0v) is 17.4. The first-order valence-electron chi connectivity index (χ1n) is 10.2. The van der Waals surface area contributed by atoms with Crippen molar-refractivity contribution < 1.29 is 23.8 Å². The van der Waals surface area contributed by atoms with Crippen LogP contribution in [-0.4, -0.2) is 24.0 Å². The molecular weight excluding hydrogens is 398 g/mol. The van der Waals surface area contributed by atoms with Gasteiger partial charge in [0.25, 0.3) is 5.91 Å². The fourth-order valence-corrected chi connectivity index (χ4v) is 3.28. The van der Waals surface area contributed by atoms with Crippen molar-refractivity contribution in [3.63, 3.8) is 0 Å². The van der Waals surface area contributed by atoms with E-state index in [0.717, 1.165) is 22.9 Å².